The fourth-order valence-corrected chi connectivity index (χ4v) is 3.83. The number of carbonyl (C=O) groups excluding carboxylic acids is 2. The molecule has 0 spiro atoms. The van der Waals surface area contributed by atoms with E-state index in [0.717, 1.165) is 19.4 Å². The molecule has 3 N–H and O–H groups in total. The molecule has 32 heavy (non-hydrogen) atoms. The summed E-state index contributed by atoms with van der Waals surface area (Å²) >= 11 is 8.66. The molecule has 0 bridgehead atoms. The van der Waals surface area contributed by atoms with Crippen LogP contribution in [0.4, 0.5) is 5.69 Å². The maximum absolute atomic E-state index is 12.5. The SMILES string of the molecule is CC(C)Oc1ccc(C(=O)NC(=S)Nc2ccc(C(=O)NCC3CCCO3)cc2)cc1Br. The standard InChI is InChI=1S/C23H26BrN3O4S/c1-14(2)31-20-10-7-16(12-19(20)24)22(29)27-23(32)26-17-8-5-15(6-9-17)21(28)25-13-18-4-3-11-30-18/h5-10,12,14,18H,3-4,11,13H2,1-2H3,(H,25,28)(H2,26,27,29,32). The molecule has 2 amide bonds. The Labute approximate surface area is 201 Å². The lowest BCUT2D eigenvalue weighted by molar-refractivity contribution is 0.0857. The highest BCUT2D eigenvalue weighted by atomic mass is 79.9. The van der Waals surface area contributed by atoms with Crippen molar-refractivity contribution >= 4 is 50.8 Å². The number of carbonyl (C=O) groups is 2. The van der Waals surface area contributed by atoms with Crippen LogP contribution in [0.2, 0.25) is 0 Å². The largest absolute Gasteiger partial charge is 0.490 e. The lowest BCUT2D eigenvalue weighted by atomic mass is 10.2. The monoisotopic (exact) mass is 519 g/mol. The third-order valence-corrected chi connectivity index (χ3v) is 5.53. The van der Waals surface area contributed by atoms with Crippen LogP contribution in [0.5, 0.6) is 5.75 Å². The Bertz CT molecular complexity index is 976. The first kappa shape index (κ1) is 24.2. The van der Waals surface area contributed by atoms with Crippen LogP contribution in [0, 0.1) is 0 Å². The second-order valence-electron chi connectivity index (χ2n) is 7.64. The van der Waals surface area contributed by atoms with E-state index in [1.807, 2.05) is 13.8 Å². The van der Waals surface area contributed by atoms with Crippen molar-refractivity contribution in [3.05, 3.63) is 58.1 Å². The first-order chi connectivity index (χ1) is 15.3. The van der Waals surface area contributed by atoms with Crippen LogP contribution >= 0.6 is 28.1 Å². The van der Waals surface area contributed by atoms with Gasteiger partial charge >= 0.3 is 0 Å². The van der Waals surface area contributed by atoms with Crippen LogP contribution in [-0.2, 0) is 4.74 Å². The van der Waals surface area contributed by atoms with Crippen LogP contribution in [0.3, 0.4) is 0 Å². The van der Waals surface area contributed by atoms with Gasteiger partial charge < -0.3 is 20.1 Å². The predicted molar refractivity (Wildman–Crippen MR) is 131 cm³/mol. The predicted octanol–water partition coefficient (Wildman–Crippen LogP) is 4.27. The summed E-state index contributed by atoms with van der Waals surface area (Å²) in [6, 6.07) is 11.9. The maximum Gasteiger partial charge on any atom is 0.257 e. The highest BCUT2D eigenvalue weighted by Gasteiger charge is 2.17. The Morgan fingerprint density at radius 2 is 1.88 bits per heavy atom. The number of ether oxygens (including phenoxy) is 2. The smallest absolute Gasteiger partial charge is 0.257 e. The molecular formula is C23H26BrN3O4S. The van der Waals surface area contributed by atoms with Gasteiger partial charge in [-0.2, -0.15) is 0 Å². The average molecular weight is 520 g/mol. The molecule has 7 nitrogen and oxygen atoms in total. The normalized spacial score (nSPS) is 15.3. The molecular weight excluding hydrogens is 494 g/mol. The Kier molecular flexibility index (Phi) is 8.60. The Balaban J connectivity index is 1.50. The second-order valence-corrected chi connectivity index (χ2v) is 8.91. The van der Waals surface area contributed by atoms with E-state index in [9.17, 15) is 9.59 Å². The van der Waals surface area contributed by atoms with Crippen molar-refractivity contribution in [2.24, 2.45) is 0 Å². The number of anilines is 1. The van der Waals surface area contributed by atoms with E-state index in [1.165, 1.54) is 0 Å². The van der Waals surface area contributed by atoms with E-state index in [0.29, 0.717) is 33.6 Å². The molecule has 170 valence electrons. The Morgan fingerprint density at radius 3 is 2.50 bits per heavy atom. The van der Waals surface area contributed by atoms with Crippen LogP contribution in [0.25, 0.3) is 0 Å². The number of nitrogens with one attached hydrogen (secondary N) is 3. The fraction of sp³-hybridized carbons (Fsp3) is 0.348. The zero-order valence-corrected chi connectivity index (χ0v) is 20.3. The highest BCUT2D eigenvalue weighted by molar-refractivity contribution is 9.10. The number of benzene rings is 2. The van der Waals surface area contributed by atoms with Gasteiger partial charge in [0.25, 0.3) is 11.8 Å². The Morgan fingerprint density at radius 1 is 1.16 bits per heavy atom. The quantitative estimate of drug-likeness (QED) is 0.473. The van der Waals surface area contributed by atoms with E-state index < -0.39 is 0 Å². The van der Waals surface area contributed by atoms with Gasteiger partial charge in [0, 0.05) is 30.0 Å². The van der Waals surface area contributed by atoms with Crippen molar-refractivity contribution in [1.29, 1.82) is 0 Å². The molecule has 1 unspecified atom stereocenters. The first-order valence-electron chi connectivity index (χ1n) is 10.4. The molecule has 0 aromatic heterocycles. The Hall–Kier alpha value is -2.49. The number of rotatable bonds is 7. The molecule has 1 aliphatic rings. The fourth-order valence-electron chi connectivity index (χ4n) is 3.15. The summed E-state index contributed by atoms with van der Waals surface area (Å²) in [5, 5.41) is 8.64. The van der Waals surface area contributed by atoms with Crippen LogP contribution < -0.4 is 20.7 Å². The third-order valence-electron chi connectivity index (χ3n) is 4.70. The number of amides is 2. The van der Waals surface area contributed by atoms with Crippen molar-refractivity contribution in [1.82, 2.24) is 10.6 Å². The van der Waals surface area contributed by atoms with Gasteiger partial charge in [-0.1, -0.05) is 0 Å². The van der Waals surface area contributed by atoms with E-state index in [-0.39, 0.29) is 29.1 Å². The third kappa shape index (κ3) is 7.01. The topological polar surface area (TPSA) is 88.7 Å². The lowest BCUT2D eigenvalue weighted by Gasteiger charge is -2.13. The van der Waals surface area contributed by atoms with Gasteiger partial charge in [-0.3, -0.25) is 14.9 Å². The molecule has 1 fully saturated rings. The molecule has 1 aliphatic heterocycles. The first-order valence-corrected chi connectivity index (χ1v) is 11.6. The maximum atomic E-state index is 12.5. The van der Waals surface area contributed by atoms with Crippen LogP contribution in [-0.4, -0.2) is 42.3 Å². The molecule has 0 aliphatic carbocycles. The molecule has 0 radical (unpaired) electrons. The summed E-state index contributed by atoms with van der Waals surface area (Å²) in [6.07, 6.45) is 2.13. The van der Waals surface area contributed by atoms with Gasteiger partial charge in [0.05, 0.1) is 16.7 Å². The van der Waals surface area contributed by atoms with Gasteiger partial charge in [0.1, 0.15) is 5.75 Å². The van der Waals surface area contributed by atoms with Gasteiger partial charge in [0.15, 0.2) is 5.11 Å². The zero-order chi connectivity index (χ0) is 23.1. The summed E-state index contributed by atoms with van der Waals surface area (Å²) in [6.45, 7) is 5.13. The van der Waals surface area contributed by atoms with Crippen LogP contribution in [0.1, 0.15) is 47.4 Å². The summed E-state index contributed by atoms with van der Waals surface area (Å²) in [5.74, 6) is 0.167. The summed E-state index contributed by atoms with van der Waals surface area (Å²) in [4.78, 5) is 24.8. The van der Waals surface area contributed by atoms with Gasteiger partial charge in [-0.25, -0.2) is 0 Å². The highest BCUT2D eigenvalue weighted by Crippen LogP contribution is 2.27. The van der Waals surface area contributed by atoms with Crippen LogP contribution in [0.15, 0.2) is 46.9 Å². The van der Waals surface area contributed by atoms with E-state index in [2.05, 4.69) is 31.9 Å². The van der Waals surface area contributed by atoms with Crippen molar-refractivity contribution in [2.45, 2.75) is 38.9 Å². The average Bonchev–Trinajstić information content (AvgIpc) is 3.27. The van der Waals surface area contributed by atoms with Crippen molar-refractivity contribution in [3.8, 4) is 5.75 Å². The lowest BCUT2D eigenvalue weighted by Crippen LogP contribution is -2.34. The molecule has 0 saturated carbocycles. The molecule has 3 rings (SSSR count). The molecule has 2 aromatic carbocycles. The van der Waals surface area contributed by atoms with E-state index >= 15 is 0 Å². The van der Waals surface area contributed by atoms with Crippen molar-refractivity contribution in [2.75, 3.05) is 18.5 Å². The second kappa shape index (κ2) is 11.4. The van der Waals surface area contributed by atoms with E-state index in [1.54, 1.807) is 42.5 Å². The van der Waals surface area contributed by atoms with Gasteiger partial charge in [-0.05, 0) is 97.3 Å². The van der Waals surface area contributed by atoms with Gasteiger partial charge in [0.2, 0.25) is 0 Å². The van der Waals surface area contributed by atoms with Gasteiger partial charge in [-0.15, -0.1) is 0 Å². The summed E-state index contributed by atoms with van der Waals surface area (Å²) in [5.41, 5.74) is 1.64. The molecule has 1 heterocycles. The molecule has 1 saturated heterocycles. The van der Waals surface area contributed by atoms with E-state index in [4.69, 9.17) is 21.7 Å². The summed E-state index contributed by atoms with van der Waals surface area (Å²) < 4.78 is 11.9. The molecule has 9 heteroatoms. The zero-order valence-electron chi connectivity index (χ0n) is 17.9. The molecule has 1 atom stereocenters. The minimum atomic E-state index is -0.343. The number of halogens is 1. The van der Waals surface area contributed by atoms with Crippen molar-refractivity contribution < 1.29 is 19.1 Å². The van der Waals surface area contributed by atoms with Crippen molar-refractivity contribution in [3.63, 3.8) is 0 Å². The number of thiocarbonyl (C=S) groups is 1. The molecule has 2 aromatic rings. The number of hydrogen-bond acceptors (Lipinski definition) is 5. The number of hydrogen-bond donors (Lipinski definition) is 3. The minimum absolute atomic E-state index is 0.0292. The summed E-state index contributed by atoms with van der Waals surface area (Å²) in [7, 11) is 0. The minimum Gasteiger partial charge on any atom is -0.490 e.